The number of esters is 1. The number of imidazole rings is 1. The number of nitrogen functional groups attached to an aromatic ring is 1. The Kier molecular flexibility index (Phi) is 15.0. The van der Waals surface area contributed by atoms with Crippen molar-refractivity contribution in [2.24, 2.45) is 0 Å². The van der Waals surface area contributed by atoms with Gasteiger partial charge in [-0.15, -0.1) is 21.8 Å². The molecule has 0 aliphatic carbocycles. The molecule has 0 amide bonds. The van der Waals surface area contributed by atoms with E-state index in [0.717, 1.165) is 6.42 Å². The van der Waals surface area contributed by atoms with E-state index >= 15 is 0 Å². The number of hydrogen-bond acceptors (Lipinski definition) is 10. The van der Waals surface area contributed by atoms with Crippen LogP contribution in [0.3, 0.4) is 0 Å². The van der Waals surface area contributed by atoms with Gasteiger partial charge >= 0.3 is 12.1 Å². The van der Waals surface area contributed by atoms with Crippen LogP contribution in [0.25, 0.3) is 5.65 Å². The van der Waals surface area contributed by atoms with E-state index in [4.69, 9.17) is 54.9 Å². The zero-order chi connectivity index (χ0) is 26.3. The first-order valence-corrected chi connectivity index (χ1v) is 10.8. The van der Waals surface area contributed by atoms with E-state index in [1.54, 1.807) is 38.1 Å². The van der Waals surface area contributed by atoms with Gasteiger partial charge in [0.2, 0.25) is 0 Å². The number of fused-ring (bicyclic) bond motifs is 1. The van der Waals surface area contributed by atoms with Gasteiger partial charge in [-0.1, -0.05) is 30.1 Å². The Bertz CT molecular complexity index is 1080. The summed E-state index contributed by atoms with van der Waals surface area (Å²) in [7, 11) is 0. The van der Waals surface area contributed by atoms with E-state index in [9.17, 15) is 9.59 Å². The number of carbonyl (C=O) groups excluding carboxylic acids is 4. The molecule has 3 aromatic heterocycles. The largest absolute Gasteiger partial charge is 0.461 e. The Hall–Kier alpha value is -3.11. The predicted molar refractivity (Wildman–Crippen MR) is 126 cm³/mol. The molecule has 184 valence electrons. The lowest BCUT2D eigenvalue weighted by atomic mass is 10.2. The van der Waals surface area contributed by atoms with E-state index < -0.39 is 5.97 Å². The average Bonchev–Trinajstić information content (AvgIpc) is 3.11. The molecule has 0 spiro atoms. The van der Waals surface area contributed by atoms with E-state index in [1.807, 2.05) is 6.92 Å². The maximum atomic E-state index is 11.7. The number of anilines is 1. The van der Waals surface area contributed by atoms with Gasteiger partial charge in [-0.05, 0) is 51.5 Å². The number of halogens is 3. The summed E-state index contributed by atoms with van der Waals surface area (Å²) in [6.45, 7) is 7.18. The van der Waals surface area contributed by atoms with Crippen molar-refractivity contribution in [1.29, 1.82) is 0 Å². The van der Waals surface area contributed by atoms with Crippen LogP contribution in [-0.4, -0.2) is 54.7 Å². The number of rotatable bonds is 4. The summed E-state index contributed by atoms with van der Waals surface area (Å²) in [6.07, 6.45) is 0.983. The lowest BCUT2D eigenvalue weighted by molar-refractivity contribution is -0.191. The van der Waals surface area contributed by atoms with Crippen LogP contribution in [0, 0.1) is 6.92 Å². The molecule has 0 aliphatic heterocycles. The van der Waals surface area contributed by atoms with E-state index in [2.05, 4.69) is 20.3 Å². The zero-order valence-electron chi connectivity index (χ0n) is 18.8. The minimum Gasteiger partial charge on any atom is -0.461 e. The second-order valence-electron chi connectivity index (χ2n) is 6.04. The first-order valence-electron chi connectivity index (χ1n) is 9.59. The lowest BCUT2D eigenvalue weighted by Gasteiger charge is -2.01. The number of alkyl halides is 1. The van der Waals surface area contributed by atoms with Crippen LogP contribution in [0.4, 0.5) is 5.82 Å². The molecule has 0 bridgehead atoms. The molecule has 0 aromatic carbocycles. The molecule has 0 saturated heterocycles. The maximum absolute atomic E-state index is 11.7. The van der Waals surface area contributed by atoms with Crippen molar-refractivity contribution in [1.82, 2.24) is 24.8 Å². The number of aryl methyl sites for hydroxylation is 1. The number of ether oxygens (including phenoxy) is 1. The van der Waals surface area contributed by atoms with E-state index in [1.165, 1.54) is 11.4 Å². The minimum absolute atomic E-state index is 0.0594. The van der Waals surface area contributed by atoms with Crippen LogP contribution in [0.15, 0.2) is 24.3 Å². The molecule has 1 unspecified atom stereocenters. The van der Waals surface area contributed by atoms with Gasteiger partial charge < -0.3 is 10.5 Å². The van der Waals surface area contributed by atoms with Gasteiger partial charge in [0, 0.05) is 0 Å². The normalized spacial score (nSPS) is 10.2. The minimum atomic E-state index is -0.442. The molecule has 1 atom stereocenters. The first-order chi connectivity index (χ1) is 16.0. The van der Waals surface area contributed by atoms with Gasteiger partial charge in [-0.25, -0.2) is 14.3 Å². The molecule has 0 radical (unpaired) electrons. The average molecular weight is 534 g/mol. The monoisotopic (exact) mass is 532 g/mol. The third kappa shape index (κ3) is 11.2. The molecule has 3 rings (SSSR count). The Morgan fingerprint density at radius 2 is 1.71 bits per heavy atom. The Morgan fingerprint density at radius 3 is 2.12 bits per heavy atom. The number of hydrogen-bond donors (Lipinski definition) is 1. The van der Waals surface area contributed by atoms with Gasteiger partial charge in [0.15, 0.2) is 16.5 Å². The molecule has 34 heavy (non-hydrogen) atoms. The highest BCUT2D eigenvalue weighted by Gasteiger charge is 2.18. The number of nitrogens with zero attached hydrogens (tertiary/aromatic N) is 5. The summed E-state index contributed by atoms with van der Waals surface area (Å²) < 4.78 is 6.33. The molecule has 2 N–H and O–H groups in total. The van der Waals surface area contributed by atoms with Crippen molar-refractivity contribution in [3.8, 4) is 0 Å². The topological polar surface area (TPSA) is 160 Å². The Morgan fingerprint density at radius 1 is 1.12 bits per heavy atom. The van der Waals surface area contributed by atoms with Crippen LogP contribution < -0.4 is 5.73 Å². The van der Waals surface area contributed by atoms with Crippen molar-refractivity contribution >= 4 is 64.2 Å². The lowest BCUT2D eigenvalue weighted by Crippen LogP contribution is -2.11. The van der Waals surface area contributed by atoms with Crippen LogP contribution in [-0.2, 0) is 19.1 Å². The fourth-order valence-corrected chi connectivity index (χ4v) is 2.31. The number of Topliss-reactive ketones (excluding diaryl/α,β-unsaturated/α-hetero) is 1. The molecule has 0 saturated carbocycles. The standard InChI is InChI=1S/C10H10ClN3O2.C5H9ClO.C4H4ClN3.CO2/c1-3-16-10(15)9-6(2)12-8-5-4-7(11)13-14(8)9;1-3-5(6)4(2)7;5-3-1-2-4(6)8-7-3;2-1-3/h4-5H,3H2,1-2H3;5H,3H2,1-2H3;1-2H,(H2,6,8);. The van der Waals surface area contributed by atoms with Crippen LogP contribution in [0.2, 0.25) is 10.3 Å². The Labute approximate surface area is 210 Å². The van der Waals surface area contributed by atoms with Gasteiger partial charge in [-0.3, -0.25) is 4.79 Å². The number of aromatic nitrogens is 5. The molecule has 11 nitrogen and oxygen atoms in total. The number of ketones is 1. The second-order valence-corrected chi connectivity index (χ2v) is 7.34. The first kappa shape index (κ1) is 30.9. The van der Waals surface area contributed by atoms with Gasteiger partial charge in [-0.2, -0.15) is 14.7 Å². The fourth-order valence-electron chi connectivity index (χ4n) is 2.07. The molecule has 3 aromatic rings. The van der Waals surface area contributed by atoms with Gasteiger partial charge in [0.05, 0.1) is 17.7 Å². The van der Waals surface area contributed by atoms with E-state index in [0.29, 0.717) is 39.8 Å². The van der Waals surface area contributed by atoms with Gasteiger partial charge in [0.1, 0.15) is 16.8 Å². The van der Waals surface area contributed by atoms with Crippen molar-refractivity contribution in [2.45, 2.75) is 39.5 Å². The molecule has 3 heterocycles. The summed E-state index contributed by atoms with van der Waals surface area (Å²) in [5.41, 5.74) is 6.66. The van der Waals surface area contributed by atoms with Crippen molar-refractivity contribution in [3.05, 3.63) is 46.0 Å². The summed E-state index contributed by atoms with van der Waals surface area (Å²) in [6, 6.07) is 6.50. The fraction of sp³-hybridized carbons (Fsp3) is 0.350. The number of nitrogens with two attached hydrogens (primary N) is 1. The van der Waals surface area contributed by atoms with E-state index in [-0.39, 0.29) is 17.3 Å². The van der Waals surface area contributed by atoms with Crippen LogP contribution >= 0.6 is 34.8 Å². The second kappa shape index (κ2) is 16.5. The third-order valence-corrected chi connectivity index (χ3v) is 4.56. The third-order valence-electron chi connectivity index (χ3n) is 3.54. The zero-order valence-corrected chi connectivity index (χ0v) is 21.1. The Balaban J connectivity index is 0.000000508. The number of carbonyl (C=O) groups is 2. The summed E-state index contributed by atoms with van der Waals surface area (Å²) >= 11 is 16.6. The molecule has 0 aliphatic rings. The molecule has 14 heteroatoms. The highest BCUT2D eigenvalue weighted by atomic mass is 35.5. The van der Waals surface area contributed by atoms with Crippen molar-refractivity contribution in [3.63, 3.8) is 0 Å². The highest BCUT2D eigenvalue weighted by molar-refractivity contribution is 6.30. The van der Waals surface area contributed by atoms with Crippen molar-refractivity contribution in [2.75, 3.05) is 12.3 Å². The van der Waals surface area contributed by atoms with Crippen LogP contribution in [0.1, 0.15) is 43.4 Å². The summed E-state index contributed by atoms with van der Waals surface area (Å²) in [4.78, 5) is 42.4. The summed E-state index contributed by atoms with van der Waals surface area (Å²) in [5, 5.41) is 11.4. The maximum Gasteiger partial charge on any atom is 0.373 e. The molecular weight excluding hydrogens is 511 g/mol. The smallest absolute Gasteiger partial charge is 0.373 e. The predicted octanol–water partition coefficient (Wildman–Crippen LogP) is 3.59. The summed E-state index contributed by atoms with van der Waals surface area (Å²) in [5.74, 6) is 0.000772. The quantitative estimate of drug-likeness (QED) is 0.387. The molecular formula is C20H23Cl3N6O5. The SMILES string of the molecule is CCC(Cl)C(C)=O.CCOC(=O)c1c(C)nc2ccc(Cl)nn12.Nc1ccc(Cl)nn1.O=C=O. The van der Waals surface area contributed by atoms with Crippen LogP contribution in [0.5, 0.6) is 0 Å². The highest BCUT2D eigenvalue weighted by Crippen LogP contribution is 2.14. The molecule has 0 fully saturated rings. The van der Waals surface area contributed by atoms with Crippen molar-refractivity contribution < 1.29 is 23.9 Å². The van der Waals surface area contributed by atoms with Gasteiger partial charge in [0.25, 0.3) is 0 Å².